The van der Waals surface area contributed by atoms with Crippen LogP contribution in [0.5, 0.6) is 11.6 Å². The second-order valence-electron chi connectivity index (χ2n) is 7.31. The number of carboxylic acids is 1. The number of nitrogens with zero attached hydrogens (tertiary/aromatic N) is 3. The number of aromatic carboxylic acids is 1. The number of methoxy groups -OCH3 is 2. The van der Waals surface area contributed by atoms with Crippen molar-refractivity contribution in [2.45, 2.75) is 19.4 Å². The lowest BCUT2D eigenvalue weighted by Gasteiger charge is -2.08. The minimum absolute atomic E-state index is 0.136. The molecule has 4 aromatic rings. The summed E-state index contributed by atoms with van der Waals surface area (Å²) in [5.74, 6) is 1.28. The Morgan fingerprint density at radius 2 is 2.03 bits per heavy atom. The fourth-order valence-electron chi connectivity index (χ4n) is 3.65. The van der Waals surface area contributed by atoms with E-state index >= 15 is 0 Å². The molecule has 8 nitrogen and oxygen atoms in total. The molecule has 3 aromatic heterocycles. The van der Waals surface area contributed by atoms with Crippen molar-refractivity contribution in [3.63, 3.8) is 0 Å². The van der Waals surface area contributed by atoms with Crippen molar-refractivity contribution in [1.29, 1.82) is 0 Å². The number of fused-ring (bicyclic) bond motifs is 2. The van der Waals surface area contributed by atoms with Gasteiger partial charge < -0.3 is 24.1 Å². The fraction of sp³-hybridized carbons (Fsp3) is 0.286. The number of H-pyrrole nitrogens is 1. The minimum Gasteiger partial charge on any atom is -0.494 e. The van der Waals surface area contributed by atoms with E-state index in [4.69, 9.17) is 9.47 Å². The third-order valence-corrected chi connectivity index (χ3v) is 5.33. The van der Waals surface area contributed by atoms with Crippen LogP contribution >= 0.6 is 0 Å². The van der Waals surface area contributed by atoms with Crippen LogP contribution in [0.4, 0.5) is 0 Å². The normalized spacial score (nSPS) is 13.9. The molecule has 148 valence electrons. The summed E-state index contributed by atoms with van der Waals surface area (Å²) in [6, 6.07) is 8.93. The molecule has 0 saturated heterocycles. The van der Waals surface area contributed by atoms with Crippen LogP contribution in [0.3, 0.4) is 0 Å². The number of imidazole rings is 1. The highest BCUT2D eigenvalue weighted by Gasteiger charge is 2.26. The maximum Gasteiger partial charge on any atom is 0.335 e. The number of carbonyl (C=O) groups is 1. The lowest BCUT2D eigenvalue weighted by atomic mass is 10.2. The summed E-state index contributed by atoms with van der Waals surface area (Å²) in [4.78, 5) is 24.1. The van der Waals surface area contributed by atoms with E-state index in [0.717, 1.165) is 23.3 Å². The van der Waals surface area contributed by atoms with E-state index in [-0.39, 0.29) is 5.56 Å². The first-order valence-corrected chi connectivity index (χ1v) is 9.43. The van der Waals surface area contributed by atoms with Crippen molar-refractivity contribution >= 4 is 28.0 Å². The molecular formula is C21H20N4O4. The number of benzene rings is 1. The Hall–Kier alpha value is -3.55. The average Bonchev–Trinajstić information content (AvgIpc) is 3.33. The summed E-state index contributed by atoms with van der Waals surface area (Å²) in [6.07, 6.45) is 2.41. The maximum atomic E-state index is 11.4. The molecule has 0 atom stereocenters. The number of hydrogen-bond acceptors (Lipinski definition) is 5. The Morgan fingerprint density at radius 1 is 1.21 bits per heavy atom. The van der Waals surface area contributed by atoms with Crippen molar-refractivity contribution in [3.8, 4) is 23.1 Å². The second kappa shape index (κ2) is 6.51. The third-order valence-electron chi connectivity index (χ3n) is 5.33. The maximum absolute atomic E-state index is 11.4. The Bertz CT molecular complexity index is 1250. The van der Waals surface area contributed by atoms with Crippen LogP contribution in [0.15, 0.2) is 30.3 Å². The van der Waals surface area contributed by atoms with E-state index < -0.39 is 5.97 Å². The SMILES string of the molecule is COc1ccc2cc(-c3nc4cc(C(=O)O)cc(OC)c4[nH]3)n(CC3CC3)c2n1. The predicted molar refractivity (Wildman–Crippen MR) is 108 cm³/mol. The predicted octanol–water partition coefficient (Wildman–Crippen LogP) is 3.71. The third kappa shape index (κ3) is 2.97. The van der Waals surface area contributed by atoms with Gasteiger partial charge in [-0.1, -0.05) is 0 Å². The summed E-state index contributed by atoms with van der Waals surface area (Å²) in [5.41, 5.74) is 3.11. The van der Waals surface area contributed by atoms with E-state index in [9.17, 15) is 9.90 Å². The Morgan fingerprint density at radius 3 is 2.72 bits per heavy atom. The molecule has 1 aliphatic rings. The standard InChI is InChI=1S/C21H20N4O4/c1-28-16-9-13(21(26)27)7-14-18(16)24-19(22-14)15-8-12-5-6-17(29-2)23-20(12)25(15)10-11-3-4-11/h5-9,11H,3-4,10H2,1-2H3,(H,22,24)(H,26,27). The van der Waals surface area contributed by atoms with Gasteiger partial charge in [0.25, 0.3) is 0 Å². The van der Waals surface area contributed by atoms with Gasteiger partial charge in [-0.2, -0.15) is 4.98 Å². The van der Waals surface area contributed by atoms with Gasteiger partial charge in [-0.15, -0.1) is 0 Å². The van der Waals surface area contributed by atoms with Crippen LogP contribution in [-0.4, -0.2) is 44.8 Å². The minimum atomic E-state index is -1.02. The van der Waals surface area contributed by atoms with Crippen LogP contribution in [0, 0.1) is 5.92 Å². The van der Waals surface area contributed by atoms with Gasteiger partial charge in [0.05, 0.1) is 31.0 Å². The molecule has 3 heterocycles. The van der Waals surface area contributed by atoms with Crippen LogP contribution < -0.4 is 9.47 Å². The molecule has 1 aromatic carbocycles. The zero-order chi connectivity index (χ0) is 20.1. The molecule has 0 aliphatic heterocycles. The van der Waals surface area contributed by atoms with Gasteiger partial charge in [-0.25, -0.2) is 9.78 Å². The van der Waals surface area contributed by atoms with Gasteiger partial charge in [0.2, 0.25) is 5.88 Å². The number of carboxylic acid groups (broad SMARTS) is 1. The molecular weight excluding hydrogens is 372 g/mol. The van der Waals surface area contributed by atoms with E-state index in [1.165, 1.54) is 26.0 Å². The van der Waals surface area contributed by atoms with Crippen LogP contribution in [0.2, 0.25) is 0 Å². The number of aromatic amines is 1. The highest BCUT2D eigenvalue weighted by atomic mass is 16.5. The highest BCUT2D eigenvalue weighted by Crippen LogP contribution is 2.36. The van der Waals surface area contributed by atoms with Gasteiger partial charge >= 0.3 is 5.97 Å². The molecule has 0 radical (unpaired) electrons. The zero-order valence-electron chi connectivity index (χ0n) is 16.1. The van der Waals surface area contributed by atoms with Crippen LogP contribution in [0.1, 0.15) is 23.2 Å². The molecule has 0 bridgehead atoms. The summed E-state index contributed by atoms with van der Waals surface area (Å²) >= 11 is 0. The van der Waals surface area contributed by atoms with Gasteiger partial charge in [0.1, 0.15) is 16.9 Å². The van der Waals surface area contributed by atoms with Crippen molar-refractivity contribution in [2.24, 2.45) is 5.92 Å². The van der Waals surface area contributed by atoms with E-state index in [2.05, 4.69) is 19.5 Å². The first kappa shape index (κ1) is 17.5. The van der Waals surface area contributed by atoms with Gasteiger partial charge in [0.15, 0.2) is 5.82 Å². The number of hydrogen-bond donors (Lipinski definition) is 2. The van der Waals surface area contributed by atoms with Gasteiger partial charge in [0, 0.05) is 18.0 Å². The smallest absolute Gasteiger partial charge is 0.335 e. The fourth-order valence-corrected chi connectivity index (χ4v) is 3.65. The summed E-state index contributed by atoms with van der Waals surface area (Å²) < 4.78 is 12.9. The van der Waals surface area contributed by atoms with Crippen molar-refractivity contribution < 1.29 is 19.4 Å². The van der Waals surface area contributed by atoms with E-state index in [1.54, 1.807) is 13.2 Å². The first-order chi connectivity index (χ1) is 14.1. The number of nitrogens with one attached hydrogen (secondary N) is 1. The topological polar surface area (TPSA) is 102 Å². The van der Waals surface area contributed by atoms with Crippen molar-refractivity contribution in [1.82, 2.24) is 19.5 Å². The molecule has 1 saturated carbocycles. The molecule has 8 heteroatoms. The van der Waals surface area contributed by atoms with Crippen molar-refractivity contribution in [3.05, 3.63) is 35.9 Å². The zero-order valence-corrected chi connectivity index (χ0v) is 16.1. The number of rotatable bonds is 6. The molecule has 2 N–H and O–H groups in total. The molecule has 5 rings (SSSR count). The van der Waals surface area contributed by atoms with Crippen molar-refractivity contribution in [2.75, 3.05) is 14.2 Å². The molecule has 1 fully saturated rings. The lowest BCUT2D eigenvalue weighted by Crippen LogP contribution is -2.04. The molecule has 1 aliphatic carbocycles. The van der Waals surface area contributed by atoms with Crippen LogP contribution in [-0.2, 0) is 6.54 Å². The largest absolute Gasteiger partial charge is 0.494 e. The number of ether oxygens (including phenoxy) is 2. The summed E-state index contributed by atoms with van der Waals surface area (Å²) in [5, 5.41) is 10.4. The monoisotopic (exact) mass is 392 g/mol. The van der Waals surface area contributed by atoms with E-state index in [1.807, 2.05) is 18.2 Å². The average molecular weight is 392 g/mol. The van der Waals surface area contributed by atoms with Gasteiger partial charge in [-0.05, 0) is 43.0 Å². The van der Waals surface area contributed by atoms with E-state index in [0.29, 0.717) is 34.4 Å². The summed E-state index contributed by atoms with van der Waals surface area (Å²) in [7, 11) is 3.12. The second-order valence-corrected chi connectivity index (χ2v) is 7.31. The molecule has 0 amide bonds. The molecule has 0 spiro atoms. The highest BCUT2D eigenvalue weighted by molar-refractivity contribution is 5.96. The number of pyridine rings is 1. The quantitative estimate of drug-likeness (QED) is 0.519. The first-order valence-electron chi connectivity index (χ1n) is 9.43. The summed E-state index contributed by atoms with van der Waals surface area (Å²) in [6.45, 7) is 0.855. The Kier molecular flexibility index (Phi) is 3.94. The Balaban J connectivity index is 1.72. The molecule has 0 unspecified atom stereocenters. The van der Waals surface area contributed by atoms with Gasteiger partial charge in [-0.3, -0.25) is 0 Å². The Labute approximate surface area is 166 Å². The lowest BCUT2D eigenvalue weighted by molar-refractivity contribution is 0.0696. The van der Waals surface area contributed by atoms with Crippen LogP contribution in [0.25, 0.3) is 33.6 Å². The molecule has 29 heavy (non-hydrogen) atoms. The number of aromatic nitrogens is 4.